The fraction of sp³-hybridized carbons (Fsp3) is 0.571. The van der Waals surface area contributed by atoms with Crippen LogP contribution in [0.4, 0.5) is 17.1 Å². The molecule has 1 rings (SSSR count). The molecule has 0 unspecified atom stereocenters. The Hall–Kier alpha value is -2.37. The summed E-state index contributed by atoms with van der Waals surface area (Å²) < 4.78 is 0. The smallest absolute Gasteiger partial charge is 0.172 e. The molecule has 0 aliphatic carbocycles. The van der Waals surface area contributed by atoms with Crippen molar-refractivity contribution in [1.29, 1.82) is 0 Å². The third kappa shape index (κ3) is 4.15. The molecule has 0 spiro atoms. The van der Waals surface area contributed by atoms with Gasteiger partial charge in [-0.25, -0.2) is 0 Å². The molecule has 0 aliphatic rings. The van der Waals surface area contributed by atoms with E-state index in [1.807, 2.05) is 0 Å². The third-order valence-electron chi connectivity index (χ3n) is 4.34. The molecular formula is C21H33N3O3. The summed E-state index contributed by atoms with van der Waals surface area (Å²) in [6.07, 6.45) is 0. The Bertz CT molecular complexity index is 686. The SMILES string of the molecule is CC(C)(C)C(=O)c1c(N)c(C(=O)C(C)(C)C)c(N)c(C(=O)C(C)(C)C)c1N. The van der Waals surface area contributed by atoms with Crippen molar-refractivity contribution in [1.82, 2.24) is 0 Å². The van der Waals surface area contributed by atoms with E-state index < -0.39 is 16.2 Å². The zero-order chi connectivity index (χ0) is 21.7. The Morgan fingerprint density at radius 3 is 0.741 bits per heavy atom. The fourth-order valence-corrected chi connectivity index (χ4v) is 2.67. The van der Waals surface area contributed by atoms with E-state index in [9.17, 15) is 14.4 Å². The van der Waals surface area contributed by atoms with Gasteiger partial charge >= 0.3 is 0 Å². The highest BCUT2D eigenvalue weighted by atomic mass is 16.1. The van der Waals surface area contributed by atoms with Gasteiger partial charge in [-0.2, -0.15) is 0 Å². The predicted molar refractivity (Wildman–Crippen MR) is 111 cm³/mol. The van der Waals surface area contributed by atoms with Gasteiger partial charge in [0.25, 0.3) is 0 Å². The number of rotatable bonds is 3. The number of hydrogen-bond donors (Lipinski definition) is 3. The second-order valence-corrected chi connectivity index (χ2v) is 10.1. The first-order chi connectivity index (χ1) is 11.8. The van der Waals surface area contributed by atoms with Crippen LogP contribution in [0, 0.1) is 16.2 Å². The van der Waals surface area contributed by atoms with Crippen molar-refractivity contribution in [3.63, 3.8) is 0 Å². The lowest BCUT2D eigenvalue weighted by Gasteiger charge is -2.28. The minimum absolute atomic E-state index is 0.00287. The van der Waals surface area contributed by atoms with Gasteiger partial charge in [-0.3, -0.25) is 14.4 Å². The number of Topliss-reactive ketones (excluding diaryl/α,β-unsaturated/α-hetero) is 3. The van der Waals surface area contributed by atoms with Crippen LogP contribution in [0.5, 0.6) is 0 Å². The molecule has 6 heteroatoms. The second-order valence-electron chi connectivity index (χ2n) is 10.1. The predicted octanol–water partition coefficient (Wildman–Crippen LogP) is 4.12. The Kier molecular flexibility index (Phi) is 5.59. The molecule has 6 nitrogen and oxygen atoms in total. The zero-order valence-corrected chi connectivity index (χ0v) is 18.0. The van der Waals surface area contributed by atoms with Gasteiger partial charge in [-0.1, -0.05) is 62.3 Å². The Morgan fingerprint density at radius 2 is 0.630 bits per heavy atom. The van der Waals surface area contributed by atoms with E-state index in [-0.39, 0.29) is 51.1 Å². The highest BCUT2D eigenvalue weighted by Gasteiger charge is 2.38. The number of hydrogen-bond acceptors (Lipinski definition) is 6. The van der Waals surface area contributed by atoms with Crippen molar-refractivity contribution in [3.05, 3.63) is 16.7 Å². The summed E-state index contributed by atoms with van der Waals surface area (Å²) in [4.78, 5) is 39.1. The molecule has 0 aromatic heterocycles. The van der Waals surface area contributed by atoms with Crippen LogP contribution in [-0.2, 0) is 0 Å². The van der Waals surface area contributed by atoms with Gasteiger partial charge in [-0.05, 0) is 0 Å². The van der Waals surface area contributed by atoms with Gasteiger partial charge in [0.15, 0.2) is 17.3 Å². The molecule has 0 atom stereocenters. The Morgan fingerprint density at radius 1 is 0.481 bits per heavy atom. The van der Waals surface area contributed by atoms with Crippen molar-refractivity contribution >= 4 is 34.4 Å². The summed E-state index contributed by atoms with van der Waals surface area (Å²) in [5.41, 5.74) is 16.1. The monoisotopic (exact) mass is 375 g/mol. The largest absolute Gasteiger partial charge is 0.397 e. The van der Waals surface area contributed by atoms with E-state index >= 15 is 0 Å². The highest BCUT2D eigenvalue weighted by molar-refractivity contribution is 6.23. The summed E-state index contributed by atoms with van der Waals surface area (Å²) in [6, 6.07) is 0. The van der Waals surface area contributed by atoms with Crippen molar-refractivity contribution < 1.29 is 14.4 Å². The van der Waals surface area contributed by atoms with Gasteiger partial charge in [0, 0.05) is 16.2 Å². The summed E-state index contributed by atoms with van der Waals surface area (Å²) in [5, 5.41) is 0. The molecule has 0 bridgehead atoms. The first-order valence-electron chi connectivity index (χ1n) is 8.98. The molecule has 0 fully saturated rings. The van der Waals surface area contributed by atoms with Crippen LogP contribution in [-0.4, -0.2) is 17.3 Å². The maximum absolute atomic E-state index is 13.0. The van der Waals surface area contributed by atoms with Crippen LogP contribution in [0.25, 0.3) is 0 Å². The second kappa shape index (κ2) is 6.66. The lowest BCUT2D eigenvalue weighted by Crippen LogP contribution is -2.31. The number of ketones is 3. The maximum Gasteiger partial charge on any atom is 0.172 e. The van der Waals surface area contributed by atoms with Crippen LogP contribution < -0.4 is 17.2 Å². The number of benzene rings is 1. The molecule has 0 saturated carbocycles. The van der Waals surface area contributed by atoms with Crippen LogP contribution in [0.1, 0.15) is 93.4 Å². The zero-order valence-electron chi connectivity index (χ0n) is 18.0. The van der Waals surface area contributed by atoms with Gasteiger partial charge in [-0.15, -0.1) is 0 Å². The number of carbonyl (C=O) groups excluding carboxylic acids is 3. The van der Waals surface area contributed by atoms with Crippen molar-refractivity contribution in [2.45, 2.75) is 62.3 Å². The van der Waals surface area contributed by atoms with Crippen LogP contribution >= 0.6 is 0 Å². The third-order valence-corrected chi connectivity index (χ3v) is 4.34. The quantitative estimate of drug-likeness (QED) is 0.538. The highest BCUT2D eigenvalue weighted by Crippen LogP contribution is 2.42. The van der Waals surface area contributed by atoms with Crippen molar-refractivity contribution in [3.8, 4) is 0 Å². The number of nitrogens with two attached hydrogens (primary N) is 3. The summed E-state index contributed by atoms with van der Waals surface area (Å²) in [6.45, 7) is 15.5. The van der Waals surface area contributed by atoms with E-state index in [0.717, 1.165) is 0 Å². The molecule has 27 heavy (non-hydrogen) atoms. The number of carbonyl (C=O) groups is 3. The van der Waals surface area contributed by atoms with E-state index in [1.54, 1.807) is 62.3 Å². The van der Waals surface area contributed by atoms with Crippen LogP contribution in [0.15, 0.2) is 0 Å². The molecule has 1 aromatic carbocycles. The van der Waals surface area contributed by atoms with E-state index in [4.69, 9.17) is 17.2 Å². The van der Waals surface area contributed by atoms with Crippen LogP contribution in [0.3, 0.4) is 0 Å². The molecule has 1 aromatic rings. The average Bonchev–Trinajstić information content (AvgIpc) is 2.43. The van der Waals surface area contributed by atoms with Gasteiger partial charge < -0.3 is 17.2 Å². The molecule has 0 heterocycles. The van der Waals surface area contributed by atoms with Gasteiger partial charge in [0.05, 0.1) is 33.8 Å². The molecule has 0 radical (unpaired) electrons. The summed E-state index contributed by atoms with van der Waals surface area (Å²) in [7, 11) is 0. The molecule has 0 aliphatic heterocycles. The first-order valence-corrected chi connectivity index (χ1v) is 8.98. The number of nitrogen functional groups attached to an aromatic ring is 3. The number of anilines is 3. The Labute approximate surface area is 161 Å². The molecular weight excluding hydrogens is 342 g/mol. The van der Waals surface area contributed by atoms with E-state index in [0.29, 0.717) is 0 Å². The maximum atomic E-state index is 13.0. The molecule has 150 valence electrons. The minimum Gasteiger partial charge on any atom is -0.397 e. The van der Waals surface area contributed by atoms with Crippen LogP contribution in [0.2, 0.25) is 0 Å². The molecule has 0 amide bonds. The van der Waals surface area contributed by atoms with Gasteiger partial charge in [0.1, 0.15) is 0 Å². The molecule has 0 saturated heterocycles. The summed E-state index contributed by atoms with van der Waals surface area (Å²) >= 11 is 0. The lowest BCUT2D eigenvalue weighted by molar-refractivity contribution is 0.0858. The first kappa shape index (κ1) is 22.7. The normalized spacial score (nSPS) is 12.8. The van der Waals surface area contributed by atoms with E-state index in [1.165, 1.54) is 0 Å². The fourth-order valence-electron chi connectivity index (χ4n) is 2.67. The summed E-state index contributed by atoms with van der Waals surface area (Å²) in [5.74, 6) is -1.03. The molecule has 6 N–H and O–H groups in total. The Balaban J connectivity index is 4.11. The topological polar surface area (TPSA) is 129 Å². The van der Waals surface area contributed by atoms with Crippen molar-refractivity contribution in [2.75, 3.05) is 17.2 Å². The van der Waals surface area contributed by atoms with E-state index in [2.05, 4.69) is 0 Å². The van der Waals surface area contributed by atoms with Gasteiger partial charge in [0.2, 0.25) is 0 Å². The minimum atomic E-state index is -0.803. The lowest BCUT2D eigenvalue weighted by atomic mass is 9.76. The standard InChI is InChI=1S/C21H33N3O3/c1-19(2,3)16(25)10-13(22)11(17(26)20(4,5)6)15(24)12(14(10)23)18(27)21(7,8)9/h22-24H2,1-9H3. The van der Waals surface area contributed by atoms with Crippen molar-refractivity contribution in [2.24, 2.45) is 16.2 Å². The average molecular weight is 376 g/mol.